The molecule has 0 radical (unpaired) electrons. The number of carbonyl (C=O) groups is 1. The molecule has 1 aromatic carbocycles. The van der Waals surface area contributed by atoms with Gasteiger partial charge in [-0.3, -0.25) is 4.79 Å². The summed E-state index contributed by atoms with van der Waals surface area (Å²) < 4.78 is 34.6. The van der Waals surface area contributed by atoms with E-state index in [2.05, 4.69) is 26.0 Å². The summed E-state index contributed by atoms with van der Waals surface area (Å²) in [4.78, 5) is 11.2. The van der Waals surface area contributed by atoms with E-state index in [1.807, 2.05) is 13.8 Å². The summed E-state index contributed by atoms with van der Waals surface area (Å²) in [5.41, 5.74) is 0.686. The molecule has 1 unspecified atom stereocenters. The van der Waals surface area contributed by atoms with Gasteiger partial charge >= 0.3 is 12.6 Å². The van der Waals surface area contributed by atoms with Crippen LogP contribution in [-0.2, 0) is 11.3 Å². The molecule has 1 rings (SSSR count). The predicted molar refractivity (Wildman–Crippen MR) is 85.0 cm³/mol. The smallest absolute Gasteiger partial charge is 0.387 e. The second kappa shape index (κ2) is 9.02. The van der Waals surface area contributed by atoms with Crippen LogP contribution in [0.1, 0.15) is 25.8 Å². The van der Waals surface area contributed by atoms with Gasteiger partial charge in [-0.15, -0.1) is 0 Å². The molecular formula is C15H20BrF2NO4. The van der Waals surface area contributed by atoms with Gasteiger partial charge in [-0.2, -0.15) is 8.78 Å². The topological polar surface area (TPSA) is 67.8 Å². The number of ether oxygens (including phenoxy) is 2. The third-order valence-corrected chi connectivity index (χ3v) is 3.64. The molecular weight excluding hydrogens is 376 g/mol. The van der Waals surface area contributed by atoms with Gasteiger partial charge in [-0.05, 0) is 46.0 Å². The Bertz CT molecular complexity index is 540. The molecule has 0 saturated heterocycles. The third-order valence-electron chi connectivity index (χ3n) is 3.05. The van der Waals surface area contributed by atoms with Gasteiger partial charge in [0, 0.05) is 6.54 Å². The van der Waals surface area contributed by atoms with Crippen molar-refractivity contribution >= 4 is 21.9 Å². The molecule has 0 bridgehead atoms. The first-order valence-corrected chi connectivity index (χ1v) is 7.81. The Morgan fingerprint density at radius 1 is 1.39 bits per heavy atom. The number of hydrogen-bond acceptors (Lipinski definition) is 4. The second-order valence-electron chi connectivity index (χ2n) is 5.39. The highest BCUT2D eigenvalue weighted by atomic mass is 79.9. The molecule has 0 aromatic heterocycles. The molecule has 0 spiro atoms. The maximum Gasteiger partial charge on any atom is 0.387 e. The number of hydrogen-bond donors (Lipinski definition) is 2. The first-order valence-electron chi connectivity index (χ1n) is 7.02. The fourth-order valence-corrected chi connectivity index (χ4v) is 2.65. The van der Waals surface area contributed by atoms with Crippen LogP contribution in [0, 0.1) is 5.92 Å². The van der Waals surface area contributed by atoms with Crippen molar-refractivity contribution in [1.29, 1.82) is 0 Å². The minimum absolute atomic E-state index is 0.0942. The van der Waals surface area contributed by atoms with Gasteiger partial charge in [0.2, 0.25) is 0 Å². The number of methoxy groups -OCH3 is 1. The Hall–Kier alpha value is -1.41. The molecule has 5 nitrogen and oxygen atoms in total. The monoisotopic (exact) mass is 395 g/mol. The third kappa shape index (κ3) is 6.31. The molecule has 2 N–H and O–H groups in total. The van der Waals surface area contributed by atoms with Crippen LogP contribution in [0.2, 0.25) is 0 Å². The molecule has 0 heterocycles. The Balaban J connectivity index is 2.88. The Morgan fingerprint density at radius 3 is 2.52 bits per heavy atom. The zero-order valence-corrected chi connectivity index (χ0v) is 14.7. The van der Waals surface area contributed by atoms with Crippen molar-refractivity contribution in [2.75, 3.05) is 7.11 Å². The lowest BCUT2D eigenvalue weighted by atomic mass is 10.0. The number of benzene rings is 1. The van der Waals surface area contributed by atoms with E-state index in [9.17, 15) is 18.7 Å². The van der Waals surface area contributed by atoms with Crippen LogP contribution in [-0.4, -0.2) is 30.8 Å². The van der Waals surface area contributed by atoms with E-state index >= 15 is 0 Å². The fourth-order valence-electron chi connectivity index (χ4n) is 2.06. The molecule has 0 saturated carbocycles. The van der Waals surface area contributed by atoms with E-state index in [1.165, 1.54) is 13.2 Å². The first-order chi connectivity index (χ1) is 10.7. The summed E-state index contributed by atoms with van der Waals surface area (Å²) in [6.45, 7) is 1.17. The summed E-state index contributed by atoms with van der Waals surface area (Å²) in [5, 5.41) is 12.1. The van der Waals surface area contributed by atoms with Gasteiger partial charge in [0.15, 0.2) is 11.5 Å². The highest BCUT2D eigenvalue weighted by Crippen LogP contribution is 2.37. The lowest BCUT2D eigenvalue weighted by molar-refractivity contribution is -0.140. The number of carboxylic acids is 1. The molecule has 1 atom stereocenters. The lowest BCUT2D eigenvalue weighted by Crippen LogP contribution is -2.37. The molecule has 130 valence electrons. The van der Waals surface area contributed by atoms with Crippen molar-refractivity contribution in [2.45, 2.75) is 39.5 Å². The van der Waals surface area contributed by atoms with Crippen molar-refractivity contribution in [1.82, 2.24) is 5.32 Å². The van der Waals surface area contributed by atoms with Crippen LogP contribution in [0.15, 0.2) is 16.6 Å². The fraction of sp³-hybridized carbons (Fsp3) is 0.533. The highest BCUT2D eigenvalue weighted by Gasteiger charge is 2.20. The number of rotatable bonds is 9. The summed E-state index contributed by atoms with van der Waals surface area (Å²) in [5.74, 6) is -0.649. The Morgan fingerprint density at radius 2 is 2.04 bits per heavy atom. The zero-order valence-electron chi connectivity index (χ0n) is 13.1. The number of nitrogens with one attached hydrogen (secondary N) is 1. The summed E-state index contributed by atoms with van der Waals surface area (Å²) >= 11 is 3.16. The van der Waals surface area contributed by atoms with Crippen LogP contribution < -0.4 is 14.8 Å². The largest absolute Gasteiger partial charge is 0.493 e. The minimum Gasteiger partial charge on any atom is -0.493 e. The van der Waals surface area contributed by atoms with E-state index < -0.39 is 18.6 Å². The number of carboxylic acid groups (broad SMARTS) is 1. The first kappa shape index (κ1) is 19.6. The highest BCUT2D eigenvalue weighted by molar-refractivity contribution is 9.10. The molecule has 0 amide bonds. The average Bonchev–Trinajstić information content (AvgIpc) is 2.44. The van der Waals surface area contributed by atoms with Crippen LogP contribution in [0.5, 0.6) is 11.5 Å². The van der Waals surface area contributed by atoms with Crippen LogP contribution in [0.4, 0.5) is 8.78 Å². The second-order valence-corrected chi connectivity index (χ2v) is 6.24. The van der Waals surface area contributed by atoms with Crippen LogP contribution in [0.25, 0.3) is 0 Å². The number of aliphatic carboxylic acids is 1. The van der Waals surface area contributed by atoms with E-state index in [1.54, 1.807) is 6.07 Å². The van der Waals surface area contributed by atoms with E-state index in [0.29, 0.717) is 16.5 Å². The van der Waals surface area contributed by atoms with E-state index in [-0.39, 0.29) is 24.0 Å². The molecule has 1 aromatic rings. The van der Waals surface area contributed by atoms with Gasteiger partial charge in [0.25, 0.3) is 0 Å². The molecule has 0 aliphatic rings. The zero-order chi connectivity index (χ0) is 17.6. The summed E-state index contributed by atoms with van der Waals surface area (Å²) in [6, 6.07) is 2.43. The summed E-state index contributed by atoms with van der Waals surface area (Å²) in [7, 11) is 1.34. The average molecular weight is 396 g/mol. The van der Waals surface area contributed by atoms with Crippen molar-refractivity contribution in [2.24, 2.45) is 5.92 Å². The van der Waals surface area contributed by atoms with E-state index in [0.717, 1.165) is 0 Å². The maximum atomic E-state index is 12.4. The van der Waals surface area contributed by atoms with Crippen molar-refractivity contribution in [3.8, 4) is 11.5 Å². The van der Waals surface area contributed by atoms with Crippen molar-refractivity contribution in [3.05, 3.63) is 22.2 Å². The summed E-state index contributed by atoms with van der Waals surface area (Å²) in [6.07, 6.45) is 0.486. The molecule has 23 heavy (non-hydrogen) atoms. The number of alkyl halides is 2. The standard InChI is InChI=1S/C15H20BrF2NO4/c1-8(2)4-11(14(20)21)19-7-9-5-10(16)13(23-15(17)18)12(6-9)22-3/h5-6,8,11,15,19H,4,7H2,1-3H3,(H,20,21). The van der Waals surface area contributed by atoms with Gasteiger partial charge in [-0.25, -0.2) is 0 Å². The van der Waals surface area contributed by atoms with Crippen molar-refractivity contribution in [3.63, 3.8) is 0 Å². The Kier molecular flexibility index (Phi) is 7.70. The predicted octanol–water partition coefficient (Wildman–Crippen LogP) is 3.65. The molecule has 0 aliphatic heterocycles. The van der Waals surface area contributed by atoms with E-state index in [4.69, 9.17) is 4.74 Å². The quantitative estimate of drug-likeness (QED) is 0.667. The number of halogens is 3. The molecule has 0 fully saturated rings. The molecule has 0 aliphatic carbocycles. The Labute approximate surface area is 142 Å². The molecule has 8 heteroatoms. The maximum absolute atomic E-state index is 12.4. The van der Waals surface area contributed by atoms with Gasteiger partial charge in [0.1, 0.15) is 6.04 Å². The van der Waals surface area contributed by atoms with Gasteiger partial charge in [-0.1, -0.05) is 13.8 Å². The van der Waals surface area contributed by atoms with Gasteiger partial charge < -0.3 is 19.9 Å². The normalized spacial score (nSPS) is 12.5. The lowest BCUT2D eigenvalue weighted by Gasteiger charge is -2.18. The SMILES string of the molecule is COc1cc(CNC(CC(C)C)C(=O)O)cc(Br)c1OC(F)F. The van der Waals surface area contributed by atoms with Gasteiger partial charge in [0.05, 0.1) is 11.6 Å². The van der Waals surface area contributed by atoms with Crippen LogP contribution >= 0.6 is 15.9 Å². The van der Waals surface area contributed by atoms with Crippen molar-refractivity contribution < 1.29 is 28.2 Å². The minimum atomic E-state index is -2.97. The van der Waals surface area contributed by atoms with Crippen LogP contribution in [0.3, 0.4) is 0 Å².